The molecule has 0 amide bonds. The second-order valence-corrected chi connectivity index (χ2v) is 5.09. The first-order valence-electron chi connectivity index (χ1n) is 7.18. The largest absolute Gasteiger partial charge is 0.477 e. The number of para-hydroxylation sites is 1. The quantitative estimate of drug-likeness (QED) is 0.804. The number of aryl methyl sites for hydroxylation is 2. The number of aromatic carboxylic acids is 1. The number of rotatable bonds is 4. The van der Waals surface area contributed by atoms with Crippen molar-refractivity contribution in [2.45, 2.75) is 20.3 Å². The topological polar surface area (TPSA) is 60.0 Å². The highest BCUT2D eigenvalue weighted by atomic mass is 16.4. The van der Waals surface area contributed by atoms with Crippen LogP contribution in [0.3, 0.4) is 0 Å². The van der Waals surface area contributed by atoms with Gasteiger partial charge in [0.2, 0.25) is 0 Å². The SMILES string of the molecule is CCc1nn(-c2ccccc2C)c(-n2cccc2)c1C(=O)O. The van der Waals surface area contributed by atoms with Crippen LogP contribution in [0.15, 0.2) is 48.8 Å². The molecule has 2 aromatic heterocycles. The van der Waals surface area contributed by atoms with Crippen molar-refractivity contribution in [2.75, 3.05) is 0 Å². The molecule has 5 nitrogen and oxygen atoms in total. The Bertz CT molecular complexity index is 817. The zero-order valence-corrected chi connectivity index (χ0v) is 12.5. The predicted molar refractivity (Wildman–Crippen MR) is 84.0 cm³/mol. The van der Waals surface area contributed by atoms with Gasteiger partial charge in [-0.25, -0.2) is 9.48 Å². The fraction of sp³-hybridized carbons (Fsp3) is 0.176. The third-order valence-corrected chi connectivity index (χ3v) is 3.67. The summed E-state index contributed by atoms with van der Waals surface area (Å²) >= 11 is 0. The van der Waals surface area contributed by atoms with E-state index in [1.165, 1.54) is 0 Å². The standard InChI is InChI=1S/C17H17N3O2/c1-3-13-15(17(21)22)16(19-10-6-7-11-19)20(18-13)14-9-5-4-8-12(14)2/h4-11H,3H2,1-2H3,(H,21,22). The maximum atomic E-state index is 11.8. The fourth-order valence-corrected chi connectivity index (χ4v) is 2.60. The Hall–Kier alpha value is -2.82. The highest BCUT2D eigenvalue weighted by Crippen LogP contribution is 2.25. The highest BCUT2D eigenvalue weighted by Gasteiger charge is 2.24. The van der Waals surface area contributed by atoms with Gasteiger partial charge in [0.1, 0.15) is 5.56 Å². The first-order chi connectivity index (χ1) is 10.6. The van der Waals surface area contributed by atoms with E-state index in [1.807, 2.05) is 62.6 Å². The minimum Gasteiger partial charge on any atom is -0.477 e. The Labute approximate surface area is 128 Å². The Morgan fingerprint density at radius 1 is 1.18 bits per heavy atom. The Kier molecular flexibility index (Phi) is 3.55. The van der Waals surface area contributed by atoms with E-state index in [0.29, 0.717) is 17.9 Å². The van der Waals surface area contributed by atoms with Crippen LogP contribution in [0.2, 0.25) is 0 Å². The molecular weight excluding hydrogens is 278 g/mol. The van der Waals surface area contributed by atoms with Crippen LogP contribution in [0.25, 0.3) is 11.5 Å². The van der Waals surface area contributed by atoms with Gasteiger partial charge < -0.3 is 9.67 Å². The number of nitrogens with zero attached hydrogens (tertiary/aromatic N) is 3. The Morgan fingerprint density at radius 2 is 1.86 bits per heavy atom. The van der Waals surface area contributed by atoms with Gasteiger partial charge in [-0.15, -0.1) is 0 Å². The number of carboxylic acids is 1. The maximum absolute atomic E-state index is 11.8. The normalized spacial score (nSPS) is 10.8. The molecule has 112 valence electrons. The van der Waals surface area contributed by atoms with E-state index >= 15 is 0 Å². The number of aromatic nitrogens is 3. The van der Waals surface area contributed by atoms with Crippen molar-refractivity contribution in [1.29, 1.82) is 0 Å². The highest BCUT2D eigenvalue weighted by molar-refractivity contribution is 5.93. The molecular formula is C17H17N3O2. The smallest absolute Gasteiger partial charge is 0.341 e. The van der Waals surface area contributed by atoms with Gasteiger partial charge in [-0.05, 0) is 37.1 Å². The van der Waals surface area contributed by atoms with Crippen molar-refractivity contribution in [3.8, 4) is 11.5 Å². The summed E-state index contributed by atoms with van der Waals surface area (Å²) in [7, 11) is 0. The van der Waals surface area contributed by atoms with Crippen LogP contribution in [-0.4, -0.2) is 25.4 Å². The van der Waals surface area contributed by atoms with Crippen molar-refractivity contribution < 1.29 is 9.90 Å². The Morgan fingerprint density at radius 3 is 2.45 bits per heavy atom. The van der Waals surface area contributed by atoms with Crippen LogP contribution < -0.4 is 0 Å². The van der Waals surface area contributed by atoms with Crippen LogP contribution in [0.4, 0.5) is 0 Å². The number of hydrogen-bond acceptors (Lipinski definition) is 2. The van der Waals surface area contributed by atoms with Crippen molar-refractivity contribution in [2.24, 2.45) is 0 Å². The van der Waals surface area contributed by atoms with Gasteiger partial charge in [0.15, 0.2) is 5.82 Å². The van der Waals surface area contributed by atoms with Crippen LogP contribution >= 0.6 is 0 Å². The molecule has 0 aliphatic carbocycles. The van der Waals surface area contributed by atoms with Gasteiger partial charge in [-0.3, -0.25) is 0 Å². The molecule has 5 heteroatoms. The number of benzene rings is 1. The molecule has 1 aromatic carbocycles. The van der Waals surface area contributed by atoms with Gasteiger partial charge in [0.25, 0.3) is 0 Å². The van der Waals surface area contributed by atoms with Crippen LogP contribution in [-0.2, 0) is 6.42 Å². The van der Waals surface area contributed by atoms with E-state index in [1.54, 1.807) is 9.25 Å². The van der Waals surface area contributed by atoms with Gasteiger partial charge >= 0.3 is 5.97 Å². The molecule has 0 spiro atoms. The molecule has 0 fully saturated rings. The van der Waals surface area contributed by atoms with Crippen LogP contribution in [0, 0.1) is 6.92 Å². The van der Waals surface area contributed by atoms with E-state index < -0.39 is 5.97 Å². The third kappa shape index (κ3) is 2.20. The average Bonchev–Trinajstić information content (AvgIpc) is 3.14. The molecule has 3 rings (SSSR count). The lowest BCUT2D eigenvalue weighted by molar-refractivity contribution is 0.0696. The first kappa shape index (κ1) is 14.1. The molecule has 0 aliphatic rings. The summed E-state index contributed by atoms with van der Waals surface area (Å²) < 4.78 is 3.51. The average molecular weight is 295 g/mol. The molecule has 0 saturated heterocycles. The molecule has 0 aliphatic heterocycles. The van der Waals surface area contributed by atoms with Gasteiger partial charge in [0, 0.05) is 12.4 Å². The van der Waals surface area contributed by atoms with Crippen LogP contribution in [0.5, 0.6) is 0 Å². The molecule has 0 saturated carbocycles. The van der Waals surface area contributed by atoms with Crippen LogP contribution in [0.1, 0.15) is 28.5 Å². The Balaban J connectivity index is 2.36. The van der Waals surface area contributed by atoms with E-state index in [9.17, 15) is 9.90 Å². The minimum absolute atomic E-state index is 0.252. The molecule has 3 aromatic rings. The second-order valence-electron chi connectivity index (χ2n) is 5.09. The van der Waals surface area contributed by atoms with E-state index in [0.717, 1.165) is 11.3 Å². The van der Waals surface area contributed by atoms with E-state index in [4.69, 9.17) is 0 Å². The molecule has 0 radical (unpaired) electrons. The summed E-state index contributed by atoms with van der Waals surface area (Å²) in [4.78, 5) is 11.8. The van der Waals surface area contributed by atoms with E-state index in [2.05, 4.69) is 5.10 Å². The fourth-order valence-electron chi connectivity index (χ4n) is 2.60. The second kappa shape index (κ2) is 5.52. The molecule has 2 heterocycles. The van der Waals surface area contributed by atoms with Crippen molar-refractivity contribution in [1.82, 2.24) is 14.3 Å². The minimum atomic E-state index is -0.958. The summed E-state index contributed by atoms with van der Waals surface area (Å²) in [6.45, 7) is 3.90. The number of hydrogen-bond donors (Lipinski definition) is 1. The monoisotopic (exact) mass is 295 g/mol. The molecule has 0 bridgehead atoms. The summed E-state index contributed by atoms with van der Waals surface area (Å²) in [6.07, 6.45) is 4.23. The predicted octanol–water partition coefficient (Wildman–Crippen LogP) is 3.23. The molecule has 0 atom stereocenters. The van der Waals surface area contributed by atoms with Gasteiger partial charge in [-0.2, -0.15) is 5.10 Å². The zero-order valence-electron chi connectivity index (χ0n) is 12.5. The summed E-state index contributed by atoms with van der Waals surface area (Å²) in [6, 6.07) is 11.5. The first-order valence-corrected chi connectivity index (χ1v) is 7.18. The summed E-state index contributed by atoms with van der Waals surface area (Å²) in [5, 5.41) is 14.2. The van der Waals surface area contributed by atoms with Crippen molar-refractivity contribution in [3.63, 3.8) is 0 Å². The lowest BCUT2D eigenvalue weighted by atomic mass is 10.2. The maximum Gasteiger partial charge on any atom is 0.341 e. The number of carbonyl (C=O) groups is 1. The number of carboxylic acid groups (broad SMARTS) is 1. The summed E-state index contributed by atoms with van der Waals surface area (Å²) in [5.41, 5.74) is 2.76. The van der Waals surface area contributed by atoms with Crippen molar-refractivity contribution in [3.05, 3.63) is 65.6 Å². The molecule has 0 unspecified atom stereocenters. The molecule has 22 heavy (non-hydrogen) atoms. The van der Waals surface area contributed by atoms with E-state index in [-0.39, 0.29) is 5.56 Å². The molecule has 1 N–H and O–H groups in total. The lowest BCUT2D eigenvalue weighted by Gasteiger charge is -2.11. The van der Waals surface area contributed by atoms with Crippen molar-refractivity contribution >= 4 is 5.97 Å². The zero-order chi connectivity index (χ0) is 15.7. The summed E-state index contributed by atoms with van der Waals surface area (Å²) in [5.74, 6) is -0.399. The van der Waals surface area contributed by atoms with Gasteiger partial charge in [0.05, 0.1) is 11.4 Å². The third-order valence-electron chi connectivity index (χ3n) is 3.67. The lowest BCUT2D eigenvalue weighted by Crippen LogP contribution is -2.09. The van der Waals surface area contributed by atoms with Gasteiger partial charge in [-0.1, -0.05) is 25.1 Å².